The van der Waals surface area contributed by atoms with Crippen molar-refractivity contribution in [3.8, 4) is 16.9 Å². The van der Waals surface area contributed by atoms with Crippen molar-refractivity contribution in [3.63, 3.8) is 0 Å². The minimum atomic E-state index is -2.95. The largest absolute Gasteiger partial charge is 0.508 e. The van der Waals surface area contributed by atoms with Crippen LogP contribution in [0.5, 0.6) is 5.75 Å². The van der Waals surface area contributed by atoms with E-state index in [4.69, 9.17) is 16.3 Å². The molecule has 0 atom stereocenters. The fraction of sp³-hybridized carbons (Fsp3) is 0.188. The van der Waals surface area contributed by atoms with Crippen molar-refractivity contribution < 1.29 is 27.8 Å². The van der Waals surface area contributed by atoms with E-state index >= 15 is 0 Å². The normalized spacial score (nSPS) is 10.5. The van der Waals surface area contributed by atoms with Crippen LogP contribution in [-0.4, -0.2) is 19.9 Å². The number of ether oxygens (including phenoxy) is 3. The number of halogens is 3. The van der Waals surface area contributed by atoms with E-state index in [1.807, 2.05) is 0 Å². The molecule has 0 saturated carbocycles. The van der Waals surface area contributed by atoms with Crippen LogP contribution >= 0.6 is 11.6 Å². The highest BCUT2D eigenvalue weighted by Gasteiger charge is 2.13. The van der Waals surface area contributed by atoms with E-state index in [1.165, 1.54) is 19.2 Å². The molecule has 0 amide bonds. The summed E-state index contributed by atoms with van der Waals surface area (Å²) in [7, 11) is 1.19. The molecule has 7 heteroatoms. The summed E-state index contributed by atoms with van der Waals surface area (Å²) in [5.74, 6) is 0.00378. The quantitative estimate of drug-likeness (QED) is 0.726. The standard InChI is InChI=1S/C16H13ClF2O4/c1-21-16(20)22-9-10-5-6-14(23-15(18)19)13(7-10)11-3-2-4-12(17)8-11/h2-8,15H,9H2,1H3. The Labute approximate surface area is 136 Å². The Morgan fingerprint density at radius 2 is 2.00 bits per heavy atom. The predicted molar refractivity (Wildman–Crippen MR) is 80.7 cm³/mol. The SMILES string of the molecule is COC(=O)OCc1ccc(OC(F)F)c(-c2cccc(Cl)c2)c1. The lowest BCUT2D eigenvalue weighted by atomic mass is 10.0. The first-order valence-electron chi connectivity index (χ1n) is 6.54. The minimum absolute atomic E-state index is 0.00378. The van der Waals surface area contributed by atoms with Crippen LogP contribution in [0.2, 0.25) is 5.02 Å². The summed E-state index contributed by atoms with van der Waals surface area (Å²) in [6.45, 7) is -3.01. The zero-order valence-electron chi connectivity index (χ0n) is 12.1. The van der Waals surface area contributed by atoms with Gasteiger partial charge in [-0.05, 0) is 35.4 Å². The van der Waals surface area contributed by atoms with E-state index in [-0.39, 0.29) is 12.4 Å². The highest BCUT2D eigenvalue weighted by atomic mass is 35.5. The lowest BCUT2D eigenvalue weighted by Crippen LogP contribution is -2.06. The van der Waals surface area contributed by atoms with Gasteiger partial charge in [-0.15, -0.1) is 0 Å². The molecule has 2 aromatic carbocycles. The van der Waals surface area contributed by atoms with Crippen LogP contribution in [0.1, 0.15) is 5.56 Å². The fourth-order valence-corrected chi connectivity index (χ4v) is 2.14. The van der Waals surface area contributed by atoms with Crippen molar-refractivity contribution in [1.29, 1.82) is 0 Å². The lowest BCUT2D eigenvalue weighted by Gasteiger charge is -2.13. The zero-order valence-corrected chi connectivity index (χ0v) is 12.8. The number of carbonyl (C=O) groups excluding carboxylic acids is 1. The Bertz CT molecular complexity index is 692. The van der Waals surface area contributed by atoms with Gasteiger partial charge in [-0.2, -0.15) is 8.78 Å². The van der Waals surface area contributed by atoms with E-state index in [9.17, 15) is 13.6 Å². The predicted octanol–water partition coefficient (Wildman–Crippen LogP) is 4.89. The Hall–Kier alpha value is -2.34. The summed E-state index contributed by atoms with van der Waals surface area (Å²) in [6.07, 6.45) is -0.831. The van der Waals surface area contributed by atoms with Gasteiger partial charge in [0.2, 0.25) is 0 Å². The number of carbonyl (C=O) groups is 1. The maximum Gasteiger partial charge on any atom is 0.508 e. The Balaban J connectivity index is 2.36. The number of hydrogen-bond donors (Lipinski definition) is 0. The lowest BCUT2D eigenvalue weighted by molar-refractivity contribution is -0.0494. The summed E-state index contributed by atoms with van der Waals surface area (Å²) < 4.78 is 38.9. The average Bonchev–Trinajstić information content (AvgIpc) is 2.53. The molecule has 0 radical (unpaired) electrons. The van der Waals surface area contributed by atoms with Crippen molar-refractivity contribution in [2.75, 3.05) is 7.11 Å². The van der Waals surface area contributed by atoms with Crippen LogP contribution in [0.4, 0.5) is 13.6 Å². The van der Waals surface area contributed by atoms with Crippen molar-refractivity contribution >= 4 is 17.8 Å². The second kappa shape index (κ2) is 7.78. The van der Waals surface area contributed by atoms with E-state index in [2.05, 4.69) is 9.47 Å². The molecule has 2 aromatic rings. The van der Waals surface area contributed by atoms with Gasteiger partial charge in [0.05, 0.1) is 7.11 Å². The molecule has 4 nitrogen and oxygen atoms in total. The first-order chi connectivity index (χ1) is 11.0. The van der Waals surface area contributed by atoms with Crippen molar-refractivity contribution in [3.05, 3.63) is 53.1 Å². The number of hydrogen-bond acceptors (Lipinski definition) is 4. The van der Waals surface area contributed by atoms with E-state index in [1.54, 1.807) is 30.3 Å². The second-order valence-electron chi connectivity index (χ2n) is 4.46. The van der Waals surface area contributed by atoms with Gasteiger partial charge in [0.25, 0.3) is 0 Å². The first-order valence-corrected chi connectivity index (χ1v) is 6.92. The second-order valence-corrected chi connectivity index (χ2v) is 4.90. The summed E-state index contributed by atoms with van der Waals surface area (Å²) >= 11 is 5.94. The third kappa shape index (κ3) is 4.82. The maximum atomic E-state index is 12.6. The van der Waals surface area contributed by atoms with Crippen LogP contribution in [0.25, 0.3) is 11.1 Å². The fourth-order valence-electron chi connectivity index (χ4n) is 1.95. The highest BCUT2D eigenvalue weighted by Crippen LogP contribution is 2.33. The van der Waals surface area contributed by atoms with Crippen LogP contribution in [0, 0.1) is 0 Å². The molecule has 2 rings (SSSR count). The molecule has 0 bridgehead atoms. The number of alkyl halides is 2. The smallest absolute Gasteiger partial charge is 0.438 e. The van der Waals surface area contributed by atoms with Gasteiger partial charge >= 0.3 is 12.8 Å². The van der Waals surface area contributed by atoms with Gasteiger partial charge in [-0.3, -0.25) is 0 Å². The van der Waals surface area contributed by atoms with E-state index in [0.717, 1.165) is 0 Å². The zero-order chi connectivity index (χ0) is 16.8. The summed E-state index contributed by atoms with van der Waals surface area (Å²) in [4.78, 5) is 11.0. The van der Waals surface area contributed by atoms with E-state index < -0.39 is 12.8 Å². The third-order valence-corrected chi connectivity index (χ3v) is 3.15. The van der Waals surface area contributed by atoms with Gasteiger partial charge in [-0.25, -0.2) is 4.79 Å². The van der Waals surface area contributed by atoms with Crippen LogP contribution < -0.4 is 4.74 Å². The van der Waals surface area contributed by atoms with Crippen LogP contribution in [0.15, 0.2) is 42.5 Å². The minimum Gasteiger partial charge on any atom is -0.438 e. The average molecular weight is 343 g/mol. The van der Waals surface area contributed by atoms with Gasteiger partial charge < -0.3 is 14.2 Å². The van der Waals surface area contributed by atoms with Gasteiger partial charge in [0.15, 0.2) is 0 Å². The molecule has 0 saturated heterocycles. The molecule has 0 unspecified atom stereocenters. The monoisotopic (exact) mass is 342 g/mol. The molecule has 0 spiro atoms. The molecule has 0 aliphatic carbocycles. The van der Waals surface area contributed by atoms with E-state index in [0.29, 0.717) is 21.7 Å². The molecule has 122 valence electrons. The number of methoxy groups -OCH3 is 1. The molecule has 0 fully saturated rings. The Morgan fingerprint density at radius 3 is 2.65 bits per heavy atom. The summed E-state index contributed by atoms with van der Waals surface area (Å²) in [5, 5.41) is 0.460. The molecule has 23 heavy (non-hydrogen) atoms. The summed E-state index contributed by atoms with van der Waals surface area (Å²) in [5.41, 5.74) is 1.61. The molecule has 0 aliphatic rings. The molecular weight excluding hydrogens is 330 g/mol. The highest BCUT2D eigenvalue weighted by molar-refractivity contribution is 6.30. The number of benzene rings is 2. The van der Waals surface area contributed by atoms with Crippen LogP contribution in [-0.2, 0) is 16.1 Å². The Kier molecular flexibility index (Phi) is 5.76. The topological polar surface area (TPSA) is 44.8 Å². The van der Waals surface area contributed by atoms with Crippen molar-refractivity contribution in [1.82, 2.24) is 0 Å². The van der Waals surface area contributed by atoms with Gasteiger partial charge in [0, 0.05) is 10.6 Å². The van der Waals surface area contributed by atoms with Gasteiger partial charge in [-0.1, -0.05) is 29.8 Å². The third-order valence-electron chi connectivity index (χ3n) is 2.92. The molecule has 0 heterocycles. The molecule has 0 aliphatic heterocycles. The molecule has 0 N–H and O–H groups in total. The van der Waals surface area contributed by atoms with Gasteiger partial charge in [0.1, 0.15) is 12.4 Å². The van der Waals surface area contributed by atoms with Crippen LogP contribution in [0.3, 0.4) is 0 Å². The Morgan fingerprint density at radius 1 is 1.22 bits per heavy atom. The first kappa shape index (κ1) is 17.0. The van der Waals surface area contributed by atoms with Crippen molar-refractivity contribution in [2.24, 2.45) is 0 Å². The summed E-state index contributed by atoms with van der Waals surface area (Å²) in [6, 6.07) is 11.2. The maximum absolute atomic E-state index is 12.6. The molecular formula is C16H13ClF2O4. The number of rotatable bonds is 5. The van der Waals surface area contributed by atoms with Crippen molar-refractivity contribution in [2.45, 2.75) is 13.2 Å². The molecule has 0 aromatic heterocycles.